The van der Waals surface area contributed by atoms with Crippen LogP contribution >= 0.6 is 0 Å². The van der Waals surface area contributed by atoms with Crippen LogP contribution in [0.1, 0.15) is 77.0 Å². The third-order valence-corrected chi connectivity index (χ3v) is 6.59. The second-order valence-electron chi connectivity index (χ2n) is 8.85. The zero-order chi connectivity index (χ0) is 20.2. The third kappa shape index (κ3) is 8.48. The number of methoxy groups -OCH3 is 1. The topological polar surface area (TPSA) is 80.0 Å². The van der Waals surface area contributed by atoms with Gasteiger partial charge in [-0.2, -0.15) is 0 Å². The molecule has 0 spiro atoms. The molecule has 6 heteroatoms. The fraction of sp³-hybridized carbons (Fsp3) is 0.909. The molecule has 0 aromatic carbocycles. The van der Waals surface area contributed by atoms with Gasteiger partial charge in [-0.1, -0.05) is 44.9 Å². The molecule has 1 amide bonds. The van der Waals surface area contributed by atoms with Gasteiger partial charge in [-0.05, 0) is 43.9 Å². The molecule has 2 fully saturated rings. The van der Waals surface area contributed by atoms with E-state index in [9.17, 15) is 4.79 Å². The monoisotopic (exact) mass is 394 g/mol. The lowest BCUT2D eigenvalue weighted by Crippen LogP contribution is -2.37. The summed E-state index contributed by atoms with van der Waals surface area (Å²) in [6.07, 6.45) is 16.1. The van der Waals surface area contributed by atoms with Crippen molar-refractivity contribution in [2.24, 2.45) is 22.6 Å². The van der Waals surface area contributed by atoms with Gasteiger partial charge in [0.1, 0.15) is 0 Å². The standard InChI is InChI=1S/C22H42N4O2/c1-26(17-27)22(23)25-21(12-11-18-7-4-3-5-8-18)16-19-9-6-10-20(15-19)24-13-14-28-2/h17-21,24H,3-16H2,1-2H3,(H2,23,25)/t19-,20+,21+/m0/s1. The van der Waals surface area contributed by atoms with Crippen LogP contribution in [0.3, 0.4) is 0 Å². The number of nitrogens with one attached hydrogen (secondary N) is 1. The smallest absolute Gasteiger partial charge is 0.216 e. The van der Waals surface area contributed by atoms with Gasteiger partial charge >= 0.3 is 0 Å². The Morgan fingerprint density at radius 3 is 2.68 bits per heavy atom. The summed E-state index contributed by atoms with van der Waals surface area (Å²) in [5.74, 6) is 1.89. The molecule has 0 bridgehead atoms. The number of nitrogens with two attached hydrogens (primary N) is 1. The Bertz CT molecular complexity index is 465. The largest absolute Gasteiger partial charge is 0.383 e. The predicted molar refractivity (Wildman–Crippen MR) is 115 cm³/mol. The van der Waals surface area contributed by atoms with Gasteiger partial charge in [-0.3, -0.25) is 9.69 Å². The summed E-state index contributed by atoms with van der Waals surface area (Å²) in [6, 6.07) is 0.818. The van der Waals surface area contributed by atoms with Crippen molar-refractivity contribution in [2.45, 2.75) is 89.1 Å². The molecule has 0 aromatic heterocycles. The lowest BCUT2D eigenvalue weighted by atomic mass is 9.80. The van der Waals surface area contributed by atoms with E-state index in [1.54, 1.807) is 14.2 Å². The summed E-state index contributed by atoms with van der Waals surface area (Å²) < 4.78 is 5.16. The lowest BCUT2D eigenvalue weighted by molar-refractivity contribution is -0.114. The summed E-state index contributed by atoms with van der Waals surface area (Å²) in [6.45, 7) is 1.69. The molecule has 0 heterocycles. The number of hydrogen-bond acceptors (Lipinski definition) is 4. The van der Waals surface area contributed by atoms with Crippen LogP contribution < -0.4 is 11.1 Å². The molecular formula is C22H42N4O2. The van der Waals surface area contributed by atoms with E-state index >= 15 is 0 Å². The highest BCUT2D eigenvalue weighted by atomic mass is 16.5. The quantitative estimate of drug-likeness (QED) is 0.244. The Morgan fingerprint density at radius 2 is 1.96 bits per heavy atom. The first-order chi connectivity index (χ1) is 13.6. The number of aliphatic imine (C=N–C) groups is 1. The molecule has 162 valence electrons. The summed E-state index contributed by atoms with van der Waals surface area (Å²) in [5.41, 5.74) is 6.07. The zero-order valence-corrected chi connectivity index (χ0v) is 18.1. The number of rotatable bonds is 11. The van der Waals surface area contributed by atoms with E-state index in [4.69, 9.17) is 15.5 Å². The van der Waals surface area contributed by atoms with Crippen molar-refractivity contribution in [3.63, 3.8) is 0 Å². The molecular weight excluding hydrogens is 352 g/mol. The SMILES string of the molecule is COCCN[C@@H]1CCC[C@H](C[C@@H](CCC2CCCCC2)N=C(N)N(C)C=O)C1. The molecule has 0 saturated heterocycles. The van der Waals surface area contributed by atoms with E-state index in [0.717, 1.165) is 38.3 Å². The van der Waals surface area contributed by atoms with Gasteiger partial charge in [0.25, 0.3) is 0 Å². The second-order valence-corrected chi connectivity index (χ2v) is 8.85. The van der Waals surface area contributed by atoms with Gasteiger partial charge in [0.15, 0.2) is 5.96 Å². The highest BCUT2D eigenvalue weighted by Gasteiger charge is 2.25. The minimum absolute atomic E-state index is 0.229. The zero-order valence-electron chi connectivity index (χ0n) is 18.1. The van der Waals surface area contributed by atoms with Crippen LogP contribution in [0, 0.1) is 11.8 Å². The molecule has 3 N–H and O–H groups in total. The highest BCUT2D eigenvalue weighted by Crippen LogP contribution is 2.32. The summed E-state index contributed by atoms with van der Waals surface area (Å²) >= 11 is 0. The van der Waals surface area contributed by atoms with Gasteiger partial charge in [-0.15, -0.1) is 0 Å². The van der Waals surface area contributed by atoms with Crippen molar-refractivity contribution in [2.75, 3.05) is 27.3 Å². The van der Waals surface area contributed by atoms with E-state index < -0.39 is 0 Å². The summed E-state index contributed by atoms with van der Waals surface area (Å²) in [4.78, 5) is 17.2. The van der Waals surface area contributed by atoms with Gasteiger partial charge in [0.2, 0.25) is 6.41 Å². The van der Waals surface area contributed by atoms with E-state index in [2.05, 4.69) is 5.32 Å². The minimum atomic E-state index is 0.229. The van der Waals surface area contributed by atoms with Gasteiger partial charge in [0, 0.05) is 26.7 Å². The van der Waals surface area contributed by atoms with Crippen LogP contribution in [0.25, 0.3) is 0 Å². The molecule has 0 radical (unpaired) electrons. The average molecular weight is 395 g/mol. The molecule has 6 nitrogen and oxygen atoms in total. The average Bonchev–Trinajstić information content (AvgIpc) is 2.72. The minimum Gasteiger partial charge on any atom is -0.383 e. The normalized spacial score (nSPS) is 25.4. The Labute approximate surface area is 171 Å². The van der Waals surface area contributed by atoms with Crippen molar-refractivity contribution >= 4 is 12.4 Å². The Balaban J connectivity index is 1.90. The Hall–Kier alpha value is -1.14. The molecule has 2 saturated carbocycles. The lowest BCUT2D eigenvalue weighted by Gasteiger charge is -2.32. The van der Waals surface area contributed by atoms with Crippen molar-refractivity contribution in [3.8, 4) is 0 Å². The first-order valence-electron chi connectivity index (χ1n) is 11.4. The van der Waals surface area contributed by atoms with Crippen LogP contribution in [0.4, 0.5) is 0 Å². The van der Waals surface area contributed by atoms with Gasteiger partial charge in [-0.25, -0.2) is 4.99 Å². The Morgan fingerprint density at radius 1 is 1.21 bits per heavy atom. The first kappa shape index (κ1) is 23.1. The molecule has 2 rings (SSSR count). The number of carbonyl (C=O) groups is 1. The van der Waals surface area contributed by atoms with Crippen molar-refractivity contribution in [1.29, 1.82) is 0 Å². The predicted octanol–water partition coefficient (Wildman–Crippen LogP) is 3.30. The van der Waals surface area contributed by atoms with E-state index in [0.29, 0.717) is 17.9 Å². The van der Waals surface area contributed by atoms with E-state index in [1.807, 2.05) is 0 Å². The molecule has 2 aliphatic carbocycles. The summed E-state index contributed by atoms with van der Waals surface area (Å²) in [5, 5.41) is 3.64. The van der Waals surface area contributed by atoms with Crippen LogP contribution in [-0.4, -0.2) is 56.7 Å². The molecule has 0 unspecified atom stereocenters. The Kier molecular flexibility index (Phi) is 10.9. The molecule has 0 aliphatic heterocycles. The molecule has 3 atom stereocenters. The number of guanidine groups is 1. The summed E-state index contributed by atoms with van der Waals surface area (Å²) in [7, 11) is 3.43. The number of carbonyl (C=O) groups excluding carboxylic acids is 1. The maximum Gasteiger partial charge on any atom is 0.216 e. The highest BCUT2D eigenvalue weighted by molar-refractivity contribution is 5.87. The van der Waals surface area contributed by atoms with Crippen molar-refractivity contribution in [3.05, 3.63) is 0 Å². The van der Waals surface area contributed by atoms with Crippen molar-refractivity contribution < 1.29 is 9.53 Å². The number of amides is 1. The maximum atomic E-state index is 11.0. The third-order valence-electron chi connectivity index (χ3n) is 6.59. The van der Waals surface area contributed by atoms with Crippen LogP contribution in [0.15, 0.2) is 4.99 Å². The molecule has 0 aromatic rings. The number of nitrogens with zero attached hydrogens (tertiary/aromatic N) is 2. The van der Waals surface area contributed by atoms with Crippen LogP contribution in [-0.2, 0) is 9.53 Å². The first-order valence-corrected chi connectivity index (χ1v) is 11.4. The number of hydrogen-bond donors (Lipinski definition) is 2. The maximum absolute atomic E-state index is 11.0. The van der Waals surface area contributed by atoms with Crippen LogP contribution in [0.5, 0.6) is 0 Å². The number of ether oxygens (including phenoxy) is 1. The second kappa shape index (κ2) is 13.2. The van der Waals surface area contributed by atoms with E-state index in [-0.39, 0.29) is 6.04 Å². The fourth-order valence-electron chi connectivity index (χ4n) is 4.91. The molecule has 28 heavy (non-hydrogen) atoms. The fourth-order valence-corrected chi connectivity index (χ4v) is 4.91. The van der Waals surface area contributed by atoms with E-state index in [1.165, 1.54) is 69.1 Å². The van der Waals surface area contributed by atoms with Gasteiger partial charge in [0.05, 0.1) is 12.6 Å². The molecule has 2 aliphatic rings. The van der Waals surface area contributed by atoms with Crippen LogP contribution in [0.2, 0.25) is 0 Å². The van der Waals surface area contributed by atoms with Crippen molar-refractivity contribution in [1.82, 2.24) is 10.2 Å². The van der Waals surface area contributed by atoms with Gasteiger partial charge < -0.3 is 15.8 Å².